The summed E-state index contributed by atoms with van der Waals surface area (Å²) in [6.45, 7) is 21.0. The zero-order valence-electron chi connectivity index (χ0n) is 19.4. The van der Waals surface area contributed by atoms with Crippen molar-refractivity contribution in [1.29, 1.82) is 0 Å². The van der Waals surface area contributed by atoms with Crippen LogP contribution in [-0.2, 0) is 18.8 Å². The molecule has 1 aliphatic heterocycles. The third-order valence-electron chi connectivity index (χ3n) is 5.21. The maximum atomic E-state index is 13.0. The number of carbonyl (C=O) groups is 2. The Morgan fingerprint density at radius 3 is 1.71 bits per heavy atom. The molecule has 2 atom stereocenters. The van der Waals surface area contributed by atoms with E-state index in [2.05, 4.69) is 10.6 Å². The normalized spacial score (nSPS) is 20.8. The summed E-state index contributed by atoms with van der Waals surface area (Å²) < 4.78 is 17.5. The van der Waals surface area contributed by atoms with Crippen molar-refractivity contribution in [2.24, 2.45) is 11.8 Å². The van der Waals surface area contributed by atoms with Crippen LogP contribution in [0.3, 0.4) is 0 Å². The van der Waals surface area contributed by atoms with Gasteiger partial charge in [0.15, 0.2) is 0 Å². The minimum Gasteiger partial charge on any atom is -0.444 e. The molecule has 1 fully saturated rings. The van der Waals surface area contributed by atoms with Crippen molar-refractivity contribution in [3.05, 3.63) is 0 Å². The van der Waals surface area contributed by atoms with Gasteiger partial charge in [0, 0.05) is 0 Å². The van der Waals surface area contributed by atoms with Crippen LogP contribution in [0.1, 0.15) is 76.2 Å². The van der Waals surface area contributed by atoms with Crippen molar-refractivity contribution in [3.63, 3.8) is 0 Å². The van der Waals surface area contributed by atoms with Gasteiger partial charge in [-0.25, -0.2) is 4.79 Å². The Morgan fingerprint density at radius 2 is 1.36 bits per heavy atom. The van der Waals surface area contributed by atoms with Gasteiger partial charge in [0.1, 0.15) is 11.6 Å². The van der Waals surface area contributed by atoms with Gasteiger partial charge in [-0.2, -0.15) is 0 Å². The molecule has 0 radical (unpaired) electrons. The Morgan fingerprint density at radius 1 is 0.893 bits per heavy atom. The average Bonchev–Trinajstić information content (AvgIpc) is 2.67. The molecular weight excluding hydrogens is 359 g/mol. The second kappa shape index (κ2) is 8.62. The van der Waals surface area contributed by atoms with E-state index in [4.69, 9.17) is 14.0 Å². The number of ether oxygens (including phenoxy) is 1. The van der Waals surface area contributed by atoms with Crippen LogP contribution >= 0.6 is 0 Å². The fourth-order valence-electron chi connectivity index (χ4n) is 2.81. The summed E-state index contributed by atoms with van der Waals surface area (Å²) in [6, 6.07) is -0.724. The Labute approximate surface area is 170 Å². The van der Waals surface area contributed by atoms with Gasteiger partial charge in [-0.3, -0.25) is 4.79 Å². The lowest BCUT2D eigenvalue weighted by Gasteiger charge is -2.32. The van der Waals surface area contributed by atoms with Crippen molar-refractivity contribution in [2.75, 3.05) is 0 Å². The topological polar surface area (TPSA) is 85.9 Å². The molecule has 0 aromatic rings. The maximum absolute atomic E-state index is 13.0. The van der Waals surface area contributed by atoms with Crippen LogP contribution in [0.5, 0.6) is 0 Å². The molecule has 8 heteroatoms. The standard InChI is InChI=1S/C20H39BN2O5/c1-12(2)14(22-17(25)26-18(5,6)7)16(24)23-15(13(3)4)21-27-19(8,9)20(10,11)28-21/h12-15H,1-11H3,(H,22,25)(H,23,24)/t14-,15+/m0/s1. The second-order valence-electron chi connectivity index (χ2n) is 10.3. The van der Waals surface area contributed by atoms with Crippen molar-refractivity contribution >= 4 is 19.1 Å². The minimum absolute atomic E-state index is 0.0768. The van der Waals surface area contributed by atoms with Gasteiger partial charge in [-0.05, 0) is 60.3 Å². The third kappa shape index (κ3) is 6.37. The molecule has 0 spiro atoms. The monoisotopic (exact) mass is 398 g/mol. The van der Waals surface area contributed by atoms with Crippen LogP contribution < -0.4 is 10.6 Å². The molecule has 7 nitrogen and oxygen atoms in total. The van der Waals surface area contributed by atoms with Gasteiger partial charge in [-0.1, -0.05) is 27.7 Å². The lowest BCUT2D eigenvalue weighted by atomic mass is 9.71. The number of alkyl carbamates (subject to hydrolysis) is 1. The molecule has 0 aromatic carbocycles. The molecule has 28 heavy (non-hydrogen) atoms. The van der Waals surface area contributed by atoms with Crippen LogP contribution in [-0.4, -0.2) is 47.9 Å². The van der Waals surface area contributed by atoms with Crippen molar-refractivity contribution in [2.45, 2.75) is 105 Å². The number of carbonyl (C=O) groups excluding carboxylic acids is 2. The molecule has 1 heterocycles. The van der Waals surface area contributed by atoms with Gasteiger partial charge in [0.2, 0.25) is 5.91 Å². The summed E-state index contributed by atoms with van der Waals surface area (Å²) in [5.41, 5.74) is -1.60. The number of hydrogen-bond donors (Lipinski definition) is 2. The average molecular weight is 398 g/mol. The predicted molar refractivity (Wildman–Crippen MR) is 111 cm³/mol. The molecule has 2 amide bonds. The van der Waals surface area contributed by atoms with E-state index in [1.807, 2.05) is 55.4 Å². The first-order valence-electron chi connectivity index (χ1n) is 10.1. The molecule has 1 rings (SSSR count). The van der Waals surface area contributed by atoms with Crippen LogP contribution in [0.2, 0.25) is 0 Å². The van der Waals surface area contributed by atoms with Gasteiger partial charge >= 0.3 is 13.2 Å². The quantitative estimate of drug-likeness (QED) is 0.671. The highest BCUT2D eigenvalue weighted by molar-refractivity contribution is 6.48. The van der Waals surface area contributed by atoms with Crippen molar-refractivity contribution < 1.29 is 23.6 Å². The van der Waals surface area contributed by atoms with Crippen LogP contribution in [0, 0.1) is 11.8 Å². The van der Waals surface area contributed by atoms with E-state index < -0.39 is 36.1 Å². The highest BCUT2D eigenvalue weighted by Gasteiger charge is 2.54. The highest BCUT2D eigenvalue weighted by Crippen LogP contribution is 2.38. The van der Waals surface area contributed by atoms with Crippen molar-refractivity contribution in [1.82, 2.24) is 10.6 Å². The lowest BCUT2D eigenvalue weighted by Crippen LogP contribution is -2.58. The van der Waals surface area contributed by atoms with E-state index in [0.717, 1.165) is 0 Å². The number of hydrogen-bond acceptors (Lipinski definition) is 5. The number of amides is 2. The predicted octanol–water partition coefficient (Wildman–Crippen LogP) is 3.31. The van der Waals surface area contributed by atoms with Crippen LogP contribution in [0.4, 0.5) is 4.79 Å². The Balaban J connectivity index is 2.90. The van der Waals surface area contributed by atoms with Gasteiger partial charge in [0.05, 0.1) is 17.1 Å². The van der Waals surface area contributed by atoms with Crippen LogP contribution in [0.25, 0.3) is 0 Å². The molecule has 162 valence electrons. The summed E-state index contributed by atoms with van der Waals surface area (Å²) in [5.74, 6) is -0.670. The van der Waals surface area contributed by atoms with E-state index >= 15 is 0 Å². The molecule has 0 bridgehead atoms. The lowest BCUT2D eigenvalue weighted by molar-refractivity contribution is -0.124. The Kier molecular flexibility index (Phi) is 7.62. The third-order valence-corrected chi connectivity index (χ3v) is 5.21. The SMILES string of the molecule is CC(C)[C@H](NC(=O)OC(C)(C)C)C(=O)N[C@@H](B1OC(C)(C)C(C)(C)O1)C(C)C. The summed E-state index contributed by atoms with van der Waals surface area (Å²) in [5, 5.41) is 5.71. The zero-order valence-corrected chi connectivity index (χ0v) is 19.4. The smallest absolute Gasteiger partial charge is 0.444 e. The van der Waals surface area contributed by atoms with Crippen LogP contribution in [0.15, 0.2) is 0 Å². The van der Waals surface area contributed by atoms with E-state index in [0.29, 0.717) is 0 Å². The van der Waals surface area contributed by atoms with Crippen molar-refractivity contribution in [3.8, 4) is 0 Å². The Hall–Kier alpha value is -1.28. The molecule has 0 aliphatic carbocycles. The van der Waals surface area contributed by atoms with E-state index in [1.54, 1.807) is 20.8 Å². The summed E-state index contributed by atoms with van der Waals surface area (Å²) in [6.07, 6.45) is -0.613. The summed E-state index contributed by atoms with van der Waals surface area (Å²) >= 11 is 0. The highest BCUT2D eigenvalue weighted by atomic mass is 16.7. The Bertz CT molecular complexity index is 553. The fourth-order valence-corrected chi connectivity index (χ4v) is 2.81. The first-order chi connectivity index (χ1) is 12.5. The van der Waals surface area contributed by atoms with Gasteiger partial charge in [0.25, 0.3) is 0 Å². The summed E-state index contributed by atoms with van der Waals surface area (Å²) in [7, 11) is -0.566. The maximum Gasteiger partial charge on any atom is 0.482 e. The molecule has 1 aliphatic rings. The van der Waals surface area contributed by atoms with Gasteiger partial charge in [-0.15, -0.1) is 0 Å². The first-order valence-corrected chi connectivity index (χ1v) is 10.1. The summed E-state index contributed by atoms with van der Waals surface area (Å²) in [4.78, 5) is 25.1. The second-order valence-corrected chi connectivity index (χ2v) is 10.3. The van der Waals surface area contributed by atoms with E-state index in [9.17, 15) is 9.59 Å². The van der Waals surface area contributed by atoms with E-state index in [1.165, 1.54) is 0 Å². The molecular formula is C20H39BN2O5. The first kappa shape index (κ1) is 24.8. The molecule has 0 saturated carbocycles. The molecule has 2 N–H and O–H groups in total. The number of rotatable bonds is 6. The fraction of sp³-hybridized carbons (Fsp3) is 0.900. The molecule has 0 unspecified atom stereocenters. The number of nitrogens with one attached hydrogen (secondary N) is 2. The van der Waals surface area contributed by atoms with E-state index in [-0.39, 0.29) is 23.7 Å². The van der Waals surface area contributed by atoms with Gasteiger partial charge < -0.3 is 24.7 Å². The largest absolute Gasteiger partial charge is 0.482 e. The minimum atomic E-state index is -0.724. The molecule has 0 aromatic heterocycles. The molecule has 1 saturated heterocycles. The zero-order chi connectivity index (χ0) is 22.1.